The summed E-state index contributed by atoms with van der Waals surface area (Å²) in [6, 6.07) is 20.3. The summed E-state index contributed by atoms with van der Waals surface area (Å²) >= 11 is 0. The Morgan fingerprint density at radius 1 is 0.794 bits per heavy atom. The maximum atomic E-state index is 12.5. The van der Waals surface area contributed by atoms with Gasteiger partial charge in [0, 0.05) is 29.9 Å². The topological polar surface area (TPSA) is 95.6 Å². The maximum absolute atomic E-state index is 12.5. The zero-order valence-electron chi connectivity index (χ0n) is 19.5. The van der Waals surface area contributed by atoms with Crippen molar-refractivity contribution in [1.29, 1.82) is 0 Å². The van der Waals surface area contributed by atoms with Gasteiger partial charge in [-0.1, -0.05) is 36.4 Å². The average molecular weight is 480 g/mol. The molecular formula is C26H29N3O4S. The minimum atomic E-state index is -3.72. The molecule has 0 saturated heterocycles. The molecule has 2 N–H and O–H groups in total. The quantitative estimate of drug-likeness (QED) is 0.432. The molecule has 0 radical (unpaired) electrons. The second-order valence-electron chi connectivity index (χ2n) is 8.31. The highest BCUT2D eigenvalue weighted by molar-refractivity contribution is 7.89. The smallest absolute Gasteiger partial charge is 0.255 e. The Morgan fingerprint density at radius 3 is 1.91 bits per heavy atom. The van der Waals surface area contributed by atoms with Crippen LogP contribution in [-0.2, 0) is 23.0 Å². The number of nitrogens with zero attached hydrogens (tertiary/aromatic N) is 1. The standard InChI is InChI=1S/C26H29N3O4S/c1-19(30)22-10-14-25(15-11-22)34(32,33)27-18-21-4-8-23(9-5-21)26(31)28-24-12-6-20(7-13-24)16-17-29(2)3/h4-15,27H,16-18H2,1-3H3,(H,28,31). The average Bonchev–Trinajstić information content (AvgIpc) is 2.82. The van der Waals surface area contributed by atoms with Gasteiger partial charge in [-0.3, -0.25) is 9.59 Å². The zero-order chi connectivity index (χ0) is 24.7. The van der Waals surface area contributed by atoms with Gasteiger partial charge in [0.25, 0.3) is 5.91 Å². The number of likely N-dealkylation sites (N-methyl/N-ethyl adjacent to an activating group) is 1. The van der Waals surface area contributed by atoms with Crippen molar-refractivity contribution in [2.75, 3.05) is 26.0 Å². The van der Waals surface area contributed by atoms with Crippen molar-refractivity contribution in [3.63, 3.8) is 0 Å². The van der Waals surface area contributed by atoms with Crippen LogP contribution in [0.25, 0.3) is 0 Å². The lowest BCUT2D eigenvalue weighted by Crippen LogP contribution is -2.23. The maximum Gasteiger partial charge on any atom is 0.255 e. The number of benzene rings is 3. The molecule has 8 heteroatoms. The van der Waals surface area contributed by atoms with Gasteiger partial charge in [-0.05, 0) is 75.0 Å². The number of Topliss-reactive ketones (excluding diaryl/α,β-unsaturated/α-hetero) is 1. The fraction of sp³-hybridized carbons (Fsp3) is 0.231. The molecule has 7 nitrogen and oxygen atoms in total. The van der Waals surface area contributed by atoms with Gasteiger partial charge in [-0.25, -0.2) is 13.1 Å². The van der Waals surface area contributed by atoms with Crippen LogP contribution in [-0.4, -0.2) is 45.6 Å². The fourth-order valence-electron chi connectivity index (χ4n) is 3.22. The number of hydrogen-bond donors (Lipinski definition) is 2. The lowest BCUT2D eigenvalue weighted by molar-refractivity contribution is 0.101. The molecule has 0 aliphatic carbocycles. The molecule has 0 aliphatic heterocycles. The molecule has 0 unspecified atom stereocenters. The summed E-state index contributed by atoms with van der Waals surface area (Å²) in [6.45, 7) is 2.46. The second-order valence-corrected chi connectivity index (χ2v) is 10.1. The Labute approximate surface area is 200 Å². The van der Waals surface area contributed by atoms with Gasteiger partial charge in [0.2, 0.25) is 10.0 Å². The number of nitrogens with one attached hydrogen (secondary N) is 2. The molecule has 1 amide bonds. The minimum Gasteiger partial charge on any atom is -0.322 e. The Kier molecular flexibility index (Phi) is 8.33. The van der Waals surface area contributed by atoms with E-state index in [0.717, 1.165) is 13.0 Å². The van der Waals surface area contributed by atoms with Crippen LogP contribution >= 0.6 is 0 Å². The van der Waals surface area contributed by atoms with Crippen LogP contribution in [0.2, 0.25) is 0 Å². The number of carbonyl (C=O) groups excluding carboxylic acids is 2. The molecule has 0 heterocycles. The van der Waals surface area contributed by atoms with Gasteiger partial charge in [0.05, 0.1) is 4.90 Å². The van der Waals surface area contributed by atoms with E-state index < -0.39 is 10.0 Å². The predicted octanol–water partition coefficient (Wildman–Crippen LogP) is 3.72. The van der Waals surface area contributed by atoms with Gasteiger partial charge >= 0.3 is 0 Å². The number of ketones is 1. The van der Waals surface area contributed by atoms with Crippen molar-refractivity contribution in [2.45, 2.75) is 24.8 Å². The highest BCUT2D eigenvalue weighted by atomic mass is 32.2. The normalized spacial score (nSPS) is 11.4. The van der Waals surface area contributed by atoms with Gasteiger partial charge in [-0.2, -0.15) is 0 Å². The molecular weight excluding hydrogens is 450 g/mol. The molecule has 3 aromatic carbocycles. The van der Waals surface area contributed by atoms with E-state index in [-0.39, 0.29) is 23.1 Å². The number of anilines is 1. The Bertz CT molecular complexity index is 1230. The Hall–Kier alpha value is -3.33. The van der Waals surface area contributed by atoms with E-state index in [9.17, 15) is 18.0 Å². The van der Waals surface area contributed by atoms with Crippen LogP contribution in [0, 0.1) is 0 Å². The Balaban J connectivity index is 1.56. The molecule has 178 valence electrons. The van der Waals surface area contributed by atoms with Crippen molar-refractivity contribution in [2.24, 2.45) is 0 Å². The van der Waals surface area contributed by atoms with Gasteiger partial charge in [0.1, 0.15) is 0 Å². The van der Waals surface area contributed by atoms with E-state index in [2.05, 4.69) is 14.9 Å². The summed E-state index contributed by atoms with van der Waals surface area (Å²) in [4.78, 5) is 26.1. The van der Waals surface area contributed by atoms with Crippen molar-refractivity contribution in [1.82, 2.24) is 9.62 Å². The first-order valence-corrected chi connectivity index (χ1v) is 12.4. The van der Waals surface area contributed by atoms with E-state index in [4.69, 9.17) is 0 Å². The lowest BCUT2D eigenvalue weighted by atomic mass is 10.1. The molecule has 0 fully saturated rings. The number of carbonyl (C=O) groups is 2. The molecule has 3 aromatic rings. The van der Waals surface area contributed by atoms with Crippen molar-refractivity contribution < 1.29 is 18.0 Å². The van der Waals surface area contributed by atoms with E-state index in [1.807, 2.05) is 38.4 Å². The summed E-state index contributed by atoms with van der Waals surface area (Å²) in [5.74, 6) is -0.364. The van der Waals surface area contributed by atoms with Crippen LogP contribution in [0.1, 0.15) is 38.8 Å². The third kappa shape index (κ3) is 7.08. The zero-order valence-corrected chi connectivity index (χ0v) is 20.4. The second kappa shape index (κ2) is 11.2. The largest absolute Gasteiger partial charge is 0.322 e. The third-order valence-corrected chi connectivity index (χ3v) is 6.73. The van der Waals surface area contributed by atoms with Gasteiger partial charge in [-0.15, -0.1) is 0 Å². The van der Waals surface area contributed by atoms with Crippen molar-refractivity contribution in [3.8, 4) is 0 Å². The van der Waals surface area contributed by atoms with E-state index in [0.29, 0.717) is 22.4 Å². The van der Waals surface area contributed by atoms with Gasteiger partial charge in [0.15, 0.2) is 5.78 Å². The van der Waals surface area contributed by atoms with Crippen LogP contribution < -0.4 is 10.0 Å². The van der Waals surface area contributed by atoms with Crippen LogP contribution in [0.4, 0.5) is 5.69 Å². The monoisotopic (exact) mass is 479 g/mol. The summed E-state index contributed by atoms with van der Waals surface area (Å²) < 4.78 is 27.5. The fourth-order valence-corrected chi connectivity index (χ4v) is 4.23. The molecule has 0 aromatic heterocycles. The molecule has 0 spiro atoms. The molecule has 3 rings (SSSR count). The number of amides is 1. The van der Waals surface area contributed by atoms with Crippen LogP contribution in [0.3, 0.4) is 0 Å². The summed E-state index contributed by atoms with van der Waals surface area (Å²) in [5.41, 5.74) is 3.56. The molecule has 0 bridgehead atoms. The summed E-state index contributed by atoms with van der Waals surface area (Å²) in [7, 11) is 0.340. The first-order valence-electron chi connectivity index (χ1n) is 10.9. The molecule has 0 atom stereocenters. The lowest BCUT2D eigenvalue weighted by Gasteiger charge is -2.10. The number of hydrogen-bond acceptors (Lipinski definition) is 5. The summed E-state index contributed by atoms with van der Waals surface area (Å²) in [6.07, 6.45) is 0.941. The predicted molar refractivity (Wildman–Crippen MR) is 134 cm³/mol. The number of rotatable bonds is 10. The minimum absolute atomic E-state index is 0.0765. The van der Waals surface area contributed by atoms with E-state index >= 15 is 0 Å². The summed E-state index contributed by atoms with van der Waals surface area (Å²) in [5, 5.41) is 2.88. The molecule has 0 aliphatic rings. The van der Waals surface area contributed by atoms with E-state index in [1.165, 1.54) is 36.8 Å². The van der Waals surface area contributed by atoms with E-state index in [1.54, 1.807) is 24.3 Å². The highest BCUT2D eigenvalue weighted by Crippen LogP contribution is 2.14. The SMILES string of the molecule is CC(=O)c1ccc(S(=O)(=O)NCc2ccc(C(=O)Nc3ccc(CCN(C)C)cc3)cc2)cc1. The van der Waals surface area contributed by atoms with Crippen molar-refractivity contribution in [3.05, 3.63) is 95.1 Å². The first kappa shape index (κ1) is 25.3. The molecule has 0 saturated carbocycles. The molecule has 34 heavy (non-hydrogen) atoms. The first-order chi connectivity index (χ1) is 16.1. The van der Waals surface area contributed by atoms with Crippen molar-refractivity contribution >= 4 is 27.4 Å². The van der Waals surface area contributed by atoms with Crippen LogP contribution in [0.5, 0.6) is 0 Å². The van der Waals surface area contributed by atoms with Crippen LogP contribution in [0.15, 0.2) is 77.7 Å². The third-order valence-electron chi connectivity index (χ3n) is 5.31. The Morgan fingerprint density at radius 2 is 1.35 bits per heavy atom. The number of sulfonamides is 1. The van der Waals surface area contributed by atoms with Gasteiger partial charge < -0.3 is 10.2 Å². The highest BCUT2D eigenvalue weighted by Gasteiger charge is 2.14.